The van der Waals surface area contributed by atoms with Crippen LogP contribution in [-0.2, 0) is 11.3 Å². The van der Waals surface area contributed by atoms with Crippen LogP contribution >= 0.6 is 0 Å². The number of piperidine rings is 1. The minimum Gasteiger partial charge on any atom is -0.369 e. The summed E-state index contributed by atoms with van der Waals surface area (Å²) in [6, 6.07) is 21.2. The second-order valence-corrected chi connectivity index (χ2v) is 9.84. The Labute approximate surface area is 211 Å². The highest BCUT2D eigenvalue weighted by Crippen LogP contribution is 2.29. The van der Waals surface area contributed by atoms with Gasteiger partial charge in [-0.05, 0) is 81.3 Å². The van der Waals surface area contributed by atoms with E-state index in [1.807, 2.05) is 16.8 Å². The van der Waals surface area contributed by atoms with Crippen molar-refractivity contribution in [3.05, 3.63) is 78.0 Å². The van der Waals surface area contributed by atoms with Crippen molar-refractivity contribution < 1.29 is 4.79 Å². The molecule has 1 saturated heterocycles. The minimum atomic E-state index is -0.255. The van der Waals surface area contributed by atoms with Crippen LogP contribution in [0.25, 0.3) is 16.8 Å². The van der Waals surface area contributed by atoms with E-state index in [1.165, 1.54) is 11.1 Å². The Morgan fingerprint density at radius 2 is 1.75 bits per heavy atom. The molecule has 1 aliphatic rings. The van der Waals surface area contributed by atoms with Gasteiger partial charge >= 0.3 is 0 Å². The Morgan fingerprint density at radius 1 is 1.03 bits per heavy atom. The number of fused-ring (bicyclic) bond motifs is 1. The van der Waals surface area contributed by atoms with Crippen LogP contribution < -0.4 is 11.1 Å². The van der Waals surface area contributed by atoms with Gasteiger partial charge in [0.25, 0.3) is 0 Å². The number of hydrogen-bond acceptors (Lipinski definition) is 6. The van der Waals surface area contributed by atoms with E-state index in [0.29, 0.717) is 18.4 Å². The molecule has 1 aliphatic heterocycles. The molecular formula is C28H33N7O. The number of nitrogens with zero attached hydrogens (tertiary/aromatic N) is 5. The Kier molecular flexibility index (Phi) is 6.97. The third-order valence-electron chi connectivity index (χ3n) is 6.75. The lowest BCUT2D eigenvalue weighted by atomic mass is 9.89. The van der Waals surface area contributed by atoms with Gasteiger partial charge in [-0.1, -0.05) is 36.4 Å². The van der Waals surface area contributed by atoms with E-state index in [2.05, 4.69) is 88.8 Å². The van der Waals surface area contributed by atoms with Gasteiger partial charge in [0.1, 0.15) is 0 Å². The standard InChI is InChI=1S/C28H33N7O/c1-33(2)18-20-3-5-23(6-4-20)26-12-11-25-17-30-28(32-35(25)26)31-24-9-7-21(8-10-24)22-13-15-34(16-14-22)19-27(29)36/h3-12,17,22H,13-16,18-19H2,1-2H3,(H2,29,36)(H,31,32). The maximum atomic E-state index is 11.2. The van der Waals surface area contributed by atoms with E-state index < -0.39 is 0 Å². The van der Waals surface area contributed by atoms with Crippen molar-refractivity contribution in [1.29, 1.82) is 0 Å². The number of primary amides is 1. The number of hydrogen-bond donors (Lipinski definition) is 2. The lowest BCUT2D eigenvalue weighted by molar-refractivity contribution is -0.119. The first-order valence-electron chi connectivity index (χ1n) is 12.4. The molecule has 0 spiro atoms. The van der Waals surface area contributed by atoms with Gasteiger partial charge in [0.05, 0.1) is 24.0 Å². The molecule has 2 aromatic heterocycles. The van der Waals surface area contributed by atoms with Gasteiger partial charge in [-0.2, -0.15) is 0 Å². The molecular weight excluding hydrogens is 450 g/mol. The quantitative estimate of drug-likeness (QED) is 0.395. The van der Waals surface area contributed by atoms with Gasteiger partial charge in [-0.3, -0.25) is 9.69 Å². The normalized spacial score (nSPS) is 15.0. The smallest absolute Gasteiger partial charge is 0.245 e. The number of anilines is 2. The summed E-state index contributed by atoms with van der Waals surface area (Å²) in [5.41, 5.74) is 12.0. The molecule has 0 unspecified atom stereocenters. The number of amides is 1. The summed E-state index contributed by atoms with van der Waals surface area (Å²) in [4.78, 5) is 20.0. The zero-order valence-corrected chi connectivity index (χ0v) is 20.9. The summed E-state index contributed by atoms with van der Waals surface area (Å²) in [7, 11) is 4.15. The number of nitrogens with two attached hydrogens (primary N) is 1. The highest BCUT2D eigenvalue weighted by Gasteiger charge is 2.21. The van der Waals surface area contributed by atoms with Gasteiger partial charge in [0.2, 0.25) is 11.9 Å². The zero-order chi connectivity index (χ0) is 25.1. The first-order chi connectivity index (χ1) is 17.4. The third-order valence-corrected chi connectivity index (χ3v) is 6.75. The Balaban J connectivity index is 1.27. The average Bonchev–Trinajstić information content (AvgIpc) is 3.28. The summed E-state index contributed by atoms with van der Waals surface area (Å²) < 4.78 is 1.94. The number of aromatic nitrogens is 3. The van der Waals surface area contributed by atoms with Crippen LogP contribution in [0.15, 0.2) is 66.9 Å². The third kappa shape index (κ3) is 5.56. The maximum Gasteiger partial charge on any atom is 0.245 e. The molecule has 0 saturated carbocycles. The van der Waals surface area contributed by atoms with Crippen LogP contribution in [0.5, 0.6) is 0 Å². The Morgan fingerprint density at radius 3 is 2.42 bits per heavy atom. The molecule has 5 rings (SSSR count). The monoisotopic (exact) mass is 483 g/mol. The average molecular weight is 484 g/mol. The van der Waals surface area contributed by atoms with E-state index in [9.17, 15) is 4.79 Å². The molecule has 3 heterocycles. The maximum absolute atomic E-state index is 11.2. The Hall–Kier alpha value is -3.75. The highest BCUT2D eigenvalue weighted by atomic mass is 16.1. The molecule has 36 heavy (non-hydrogen) atoms. The number of nitrogens with one attached hydrogen (secondary N) is 1. The molecule has 0 aliphatic carbocycles. The fourth-order valence-corrected chi connectivity index (χ4v) is 4.94. The van der Waals surface area contributed by atoms with E-state index in [-0.39, 0.29) is 5.91 Å². The molecule has 4 aromatic rings. The van der Waals surface area contributed by atoms with Crippen LogP contribution in [0.2, 0.25) is 0 Å². The molecule has 3 N–H and O–H groups in total. The molecule has 186 valence electrons. The minimum absolute atomic E-state index is 0.255. The molecule has 1 fully saturated rings. The van der Waals surface area contributed by atoms with Crippen molar-refractivity contribution >= 4 is 23.1 Å². The molecule has 1 amide bonds. The van der Waals surface area contributed by atoms with Crippen molar-refractivity contribution in [2.24, 2.45) is 5.73 Å². The number of carbonyl (C=O) groups excluding carboxylic acids is 1. The van der Waals surface area contributed by atoms with Crippen LogP contribution in [-0.4, -0.2) is 64.0 Å². The molecule has 2 aromatic carbocycles. The number of benzene rings is 2. The van der Waals surface area contributed by atoms with Crippen LogP contribution in [0.3, 0.4) is 0 Å². The number of likely N-dealkylation sites (tertiary alicyclic amines) is 1. The predicted octanol–water partition coefficient (Wildman–Crippen LogP) is 3.87. The summed E-state index contributed by atoms with van der Waals surface area (Å²) in [6.45, 7) is 3.07. The summed E-state index contributed by atoms with van der Waals surface area (Å²) in [5.74, 6) is 0.799. The summed E-state index contributed by atoms with van der Waals surface area (Å²) in [5, 5.41) is 8.11. The fourth-order valence-electron chi connectivity index (χ4n) is 4.94. The summed E-state index contributed by atoms with van der Waals surface area (Å²) >= 11 is 0. The lowest BCUT2D eigenvalue weighted by Gasteiger charge is -2.31. The Bertz CT molecular complexity index is 1320. The van der Waals surface area contributed by atoms with Crippen molar-refractivity contribution in [3.8, 4) is 11.3 Å². The van der Waals surface area contributed by atoms with E-state index in [1.54, 1.807) is 0 Å². The van der Waals surface area contributed by atoms with E-state index in [4.69, 9.17) is 10.8 Å². The zero-order valence-electron chi connectivity index (χ0n) is 20.9. The number of carbonyl (C=O) groups is 1. The van der Waals surface area contributed by atoms with E-state index >= 15 is 0 Å². The second kappa shape index (κ2) is 10.5. The van der Waals surface area contributed by atoms with Gasteiger partial charge < -0.3 is 16.0 Å². The molecule has 8 nitrogen and oxygen atoms in total. The van der Waals surface area contributed by atoms with Gasteiger partial charge in [0.15, 0.2) is 0 Å². The molecule has 8 heteroatoms. The number of rotatable bonds is 8. The van der Waals surface area contributed by atoms with Crippen LogP contribution in [0.1, 0.15) is 29.9 Å². The van der Waals surface area contributed by atoms with Crippen molar-refractivity contribution in [3.63, 3.8) is 0 Å². The highest BCUT2D eigenvalue weighted by molar-refractivity contribution is 5.75. The van der Waals surface area contributed by atoms with Gasteiger partial charge in [-0.15, -0.1) is 5.10 Å². The van der Waals surface area contributed by atoms with Crippen molar-refractivity contribution in [2.45, 2.75) is 25.3 Å². The van der Waals surface area contributed by atoms with Gasteiger partial charge in [-0.25, -0.2) is 9.50 Å². The van der Waals surface area contributed by atoms with E-state index in [0.717, 1.165) is 54.9 Å². The fraction of sp³-hybridized carbons (Fsp3) is 0.321. The predicted molar refractivity (Wildman–Crippen MR) is 143 cm³/mol. The molecule has 0 bridgehead atoms. The van der Waals surface area contributed by atoms with Crippen LogP contribution in [0, 0.1) is 0 Å². The lowest BCUT2D eigenvalue weighted by Crippen LogP contribution is -2.39. The van der Waals surface area contributed by atoms with Crippen molar-refractivity contribution in [1.82, 2.24) is 24.4 Å². The van der Waals surface area contributed by atoms with Gasteiger partial charge in [0, 0.05) is 17.8 Å². The largest absolute Gasteiger partial charge is 0.369 e. The molecule has 0 radical (unpaired) electrons. The van der Waals surface area contributed by atoms with Crippen LogP contribution in [0.4, 0.5) is 11.6 Å². The van der Waals surface area contributed by atoms with Crippen molar-refractivity contribution in [2.75, 3.05) is 39.0 Å². The topological polar surface area (TPSA) is 91.8 Å². The summed E-state index contributed by atoms with van der Waals surface area (Å²) in [6.07, 6.45) is 3.91. The second-order valence-electron chi connectivity index (χ2n) is 9.84. The first-order valence-corrected chi connectivity index (χ1v) is 12.4. The molecule has 0 atom stereocenters. The first kappa shape index (κ1) is 24.0. The SMILES string of the molecule is CN(C)Cc1ccc(-c2ccc3cnc(Nc4ccc(C5CCN(CC(N)=O)CC5)cc4)nn23)cc1.